The second-order valence-electron chi connectivity index (χ2n) is 5.75. The Kier molecular flexibility index (Phi) is 4.58. The second kappa shape index (κ2) is 6.19. The summed E-state index contributed by atoms with van der Waals surface area (Å²) in [6.07, 6.45) is 3.19. The fourth-order valence-corrected chi connectivity index (χ4v) is 2.20. The fraction of sp³-hybridized carbons (Fsp3) is 0.714. The highest BCUT2D eigenvalue weighted by molar-refractivity contribution is 5.38. The summed E-state index contributed by atoms with van der Waals surface area (Å²) in [7, 11) is 0. The van der Waals surface area contributed by atoms with E-state index in [1.165, 1.54) is 0 Å². The standard InChI is InChI=1S/C14H24N4O/c1-10(2)9-18(7-3-6-15)12-8-13(19)17-14(16-12)11-4-5-11/h8,10-11H,3-7,9,15H2,1-2H3,(H,16,17,19). The Labute approximate surface area is 114 Å². The van der Waals surface area contributed by atoms with Crippen LogP contribution in [-0.2, 0) is 0 Å². The summed E-state index contributed by atoms with van der Waals surface area (Å²) < 4.78 is 0. The zero-order valence-corrected chi connectivity index (χ0v) is 11.9. The van der Waals surface area contributed by atoms with Crippen LogP contribution in [0.5, 0.6) is 0 Å². The Morgan fingerprint density at radius 1 is 1.53 bits per heavy atom. The van der Waals surface area contributed by atoms with Crippen molar-refractivity contribution in [1.82, 2.24) is 9.97 Å². The van der Waals surface area contributed by atoms with Crippen LogP contribution in [0.1, 0.15) is 44.9 Å². The first-order chi connectivity index (χ1) is 9.10. The van der Waals surface area contributed by atoms with Crippen LogP contribution in [0.4, 0.5) is 5.82 Å². The molecule has 0 saturated heterocycles. The molecular weight excluding hydrogens is 240 g/mol. The number of H-pyrrole nitrogens is 1. The Morgan fingerprint density at radius 3 is 2.84 bits per heavy atom. The molecule has 0 unspecified atom stereocenters. The van der Waals surface area contributed by atoms with Gasteiger partial charge in [-0.1, -0.05) is 13.8 Å². The molecule has 1 aliphatic rings. The lowest BCUT2D eigenvalue weighted by atomic mass is 10.2. The SMILES string of the molecule is CC(C)CN(CCCN)c1cc(=O)[nH]c(C2CC2)n1. The molecule has 0 spiro atoms. The van der Waals surface area contributed by atoms with Gasteiger partial charge in [-0.2, -0.15) is 0 Å². The molecule has 0 atom stereocenters. The van der Waals surface area contributed by atoms with Crippen LogP contribution in [-0.4, -0.2) is 29.6 Å². The van der Waals surface area contributed by atoms with Gasteiger partial charge in [0.05, 0.1) is 0 Å². The summed E-state index contributed by atoms with van der Waals surface area (Å²) in [4.78, 5) is 21.4. The third kappa shape index (κ3) is 4.06. The molecule has 0 aliphatic heterocycles. The largest absolute Gasteiger partial charge is 0.356 e. The van der Waals surface area contributed by atoms with E-state index in [-0.39, 0.29) is 5.56 Å². The van der Waals surface area contributed by atoms with Crippen LogP contribution in [0.3, 0.4) is 0 Å². The third-order valence-corrected chi connectivity index (χ3v) is 3.25. The van der Waals surface area contributed by atoms with Crippen LogP contribution >= 0.6 is 0 Å². The van der Waals surface area contributed by atoms with E-state index >= 15 is 0 Å². The molecule has 5 heteroatoms. The second-order valence-corrected chi connectivity index (χ2v) is 5.75. The van der Waals surface area contributed by atoms with Crippen LogP contribution in [0.25, 0.3) is 0 Å². The zero-order chi connectivity index (χ0) is 13.8. The van der Waals surface area contributed by atoms with Crippen molar-refractivity contribution in [3.8, 4) is 0 Å². The summed E-state index contributed by atoms with van der Waals surface area (Å²) in [5, 5.41) is 0. The minimum absolute atomic E-state index is 0.0478. The maximum Gasteiger partial charge on any atom is 0.252 e. The number of anilines is 1. The number of hydrogen-bond acceptors (Lipinski definition) is 4. The molecule has 2 rings (SSSR count). The molecule has 19 heavy (non-hydrogen) atoms. The van der Waals surface area contributed by atoms with E-state index in [0.29, 0.717) is 18.4 Å². The Bertz CT molecular complexity index is 465. The summed E-state index contributed by atoms with van der Waals surface area (Å²) in [5.74, 6) is 2.64. The van der Waals surface area contributed by atoms with Crippen LogP contribution in [0.2, 0.25) is 0 Å². The smallest absolute Gasteiger partial charge is 0.252 e. The molecule has 1 fully saturated rings. The highest BCUT2D eigenvalue weighted by Crippen LogP contribution is 2.37. The van der Waals surface area contributed by atoms with Gasteiger partial charge in [0.15, 0.2) is 0 Å². The zero-order valence-electron chi connectivity index (χ0n) is 11.9. The highest BCUT2D eigenvalue weighted by Gasteiger charge is 2.27. The summed E-state index contributed by atoms with van der Waals surface area (Å²) in [5.41, 5.74) is 5.54. The Balaban J connectivity index is 2.20. The molecule has 0 amide bonds. The average Bonchev–Trinajstić information content (AvgIpc) is 3.17. The molecule has 0 bridgehead atoms. The lowest BCUT2D eigenvalue weighted by molar-refractivity contribution is 0.594. The quantitative estimate of drug-likeness (QED) is 0.782. The van der Waals surface area contributed by atoms with E-state index in [1.807, 2.05) is 0 Å². The van der Waals surface area contributed by atoms with Crippen molar-refractivity contribution < 1.29 is 0 Å². The maximum atomic E-state index is 11.8. The summed E-state index contributed by atoms with van der Waals surface area (Å²) in [6, 6.07) is 1.60. The first-order valence-corrected chi connectivity index (χ1v) is 7.16. The highest BCUT2D eigenvalue weighted by atomic mass is 16.1. The van der Waals surface area contributed by atoms with E-state index < -0.39 is 0 Å². The predicted molar refractivity (Wildman–Crippen MR) is 77.6 cm³/mol. The van der Waals surface area contributed by atoms with E-state index in [1.54, 1.807) is 6.07 Å². The lowest BCUT2D eigenvalue weighted by Crippen LogP contribution is -2.32. The molecule has 1 aromatic heterocycles. The van der Waals surface area contributed by atoms with Gasteiger partial charge in [-0.15, -0.1) is 0 Å². The molecule has 5 nitrogen and oxygen atoms in total. The number of hydrogen-bond donors (Lipinski definition) is 2. The lowest BCUT2D eigenvalue weighted by Gasteiger charge is -2.25. The Morgan fingerprint density at radius 2 is 2.26 bits per heavy atom. The number of nitrogens with one attached hydrogen (secondary N) is 1. The number of aromatic nitrogens is 2. The molecular formula is C14H24N4O. The van der Waals surface area contributed by atoms with Crippen LogP contribution in [0.15, 0.2) is 10.9 Å². The molecule has 1 aliphatic carbocycles. The topological polar surface area (TPSA) is 75.0 Å². The van der Waals surface area contributed by atoms with Gasteiger partial charge in [-0.05, 0) is 31.7 Å². The van der Waals surface area contributed by atoms with Crippen molar-refractivity contribution in [3.05, 3.63) is 22.2 Å². The van der Waals surface area contributed by atoms with E-state index in [9.17, 15) is 4.79 Å². The van der Waals surface area contributed by atoms with Gasteiger partial charge >= 0.3 is 0 Å². The van der Waals surface area contributed by atoms with Crippen molar-refractivity contribution in [2.45, 2.75) is 39.0 Å². The summed E-state index contributed by atoms with van der Waals surface area (Å²) in [6.45, 7) is 6.76. The van der Waals surface area contributed by atoms with Crippen molar-refractivity contribution in [2.24, 2.45) is 11.7 Å². The molecule has 1 aromatic rings. The van der Waals surface area contributed by atoms with Crippen LogP contribution < -0.4 is 16.2 Å². The molecule has 0 radical (unpaired) electrons. The molecule has 1 heterocycles. The molecule has 106 valence electrons. The predicted octanol–water partition coefficient (Wildman–Crippen LogP) is 1.46. The van der Waals surface area contributed by atoms with Gasteiger partial charge in [0, 0.05) is 25.1 Å². The van der Waals surface area contributed by atoms with Gasteiger partial charge < -0.3 is 15.6 Å². The van der Waals surface area contributed by atoms with E-state index in [0.717, 1.165) is 44.0 Å². The van der Waals surface area contributed by atoms with Gasteiger partial charge in [0.25, 0.3) is 5.56 Å². The monoisotopic (exact) mass is 264 g/mol. The van der Waals surface area contributed by atoms with Gasteiger partial charge in [0.1, 0.15) is 11.6 Å². The molecule has 3 N–H and O–H groups in total. The van der Waals surface area contributed by atoms with Crippen molar-refractivity contribution in [2.75, 3.05) is 24.5 Å². The maximum absolute atomic E-state index is 11.8. The minimum Gasteiger partial charge on any atom is -0.356 e. The van der Waals surface area contributed by atoms with Crippen molar-refractivity contribution >= 4 is 5.82 Å². The minimum atomic E-state index is -0.0478. The Hall–Kier alpha value is -1.36. The van der Waals surface area contributed by atoms with Crippen molar-refractivity contribution in [3.63, 3.8) is 0 Å². The van der Waals surface area contributed by atoms with E-state index in [2.05, 4.69) is 28.7 Å². The fourth-order valence-electron chi connectivity index (χ4n) is 2.20. The number of nitrogens with zero attached hydrogens (tertiary/aromatic N) is 2. The van der Waals surface area contributed by atoms with Crippen molar-refractivity contribution in [1.29, 1.82) is 0 Å². The van der Waals surface area contributed by atoms with Crippen LogP contribution in [0, 0.1) is 5.92 Å². The number of nitrogens with two attached hydrogens (primary N) is 1. The first-order valence-electron chi connectivity index (χ1n) is 7.16. The number of aromatic amines is 1. The van der Waals surface area contributed by atoms with Gasteiger partial charge in [-0.25, -0.2) is 4.98 Å². The van der Waals surface area contributed by atoms with E-state index in [4.69, 9.17) is 5.73 Å². The number of rotatable bonds is 7. The van der Waals surface area contributed by atoms with Gasteiger partial charge in [0.2, 0.25) is 0 Å². The summed E-state index contributed by atoms with van der Waals surface area (Å²) >= 11 is 0. The first kappa shape index (κ1) is 14.1. The molecule has 0 aromatic carbocycles. The average molecular weight is 264 g/mol. The normalized spacial score (nSPS) is 14.9. The molecule has 1 saturated carbocycles. The van der Waals surface area contributed by atoms with Gasteiger partial charge in [-0.3, -0.25) is 4.79 Å². The third-order valence-electron chi connectivity index (χ3n) is 3.25.